The number of amides is 2. The van der Waals surface area contributed by atoms with Crippen molar-refractivity contribution in [2.45, 2.75) is 62.8 Å². The van der Waals surface area contributed by atoms with Crippen LogP contribution in [0, 0.1) is 0 Å². The van der Waals surface area contributed by atoms with E-state index in [-0.39, 0.29) is 12.7 Å². The predicted molar refractivity (Wildman–Crippen MR) is 160 cm³/mol. The predicted octanol–water partition coefficient (Wildman–Crippen LogP) is 4.74. The van der Waals surface area contributed by atoms with E-state index in [9.17, 15) is 23.1 Å². The smallest absolute Gasteiger partial charge is 0.404 e. The van der Waals surface area contributed by atoms with E-state index in [1.165, 1.54) is 0 Å². The lowest BCUT2D eigenvalue weighted by Gasteiger charge is -2.28. The van der Waals surface area contributed by atoms with Crippen molar-refractivity contribution in [3.8, 4) is 11.1 Å². The number of sulfonamides is 1. The molecule has 2 amide bonds. The molecule has 0 aromatic heterocycles. The molecule has 42 heavy (non-hydrogen) atoms. The van der Waals surface area contributed by atoms with Gasteiger partial charge < -0.3 is 20.3 Å². The van der Waals surface area contributed by atoms with Gasteiger partial charge in [0.25, 0.3) is 5.91 Å². The summed E-state index contributed by atoms with van der Waals surface area (Å²) in [5.74, 6) is -0.707. The van der Waals surface area contributed by atoms with Gasteiger partial charge in [-0.1, -0.05) is 92.1 Å². The number of aliphatic hydroxyl groups is 1. The Labute approximate surface area is 247 Å². The molecule has 1 fully saturated rings. The maximum absolute atomic E-state index is 13.0. The van der Waals surface area contributed by atoms with Crippen LogP contribution in [0.15, 0.2) is 78.9 Å². The zero-order chi connectivity index (χ0) is 30.2. The van der Waals surface area contributed by atoms with Crippen LogP contribution in [0.1, 0.15) is 61.3 Å². The van der Waals surface area contributed by atoms with Crippen LogP contribution in [0.5, 0.6) is 0 Å². The van der Waals surface area contributed by atoms with Crippen LogP contribution in [-0.2, 0) is 36.3 Å². The minimum Gasteiger partial charge on any atom is -0.446 e. The second-order valence-corrected chi connectivity index (χ2v) is 12.6. The van der Waals surface area contributed by atoms with Gasteiger partial charge in [0.05, 0.1) is 12.4 Å². The number of benzene rings is 3. The van der Waals surface area contributed by atoms with Crippen molar-refractivity contribution in [3.05, 3.63) is 95.6 Å². The van der Waals surface area contributed by atoms with Gasteiger partial charge in [-0.2, -0.15) is 0 Å². The van der Waals surface area contributed by atoms with Gasteiger partial charge >= 0.3 is 6.09 Å². The molecule has 1 saturated carbocycles. The molecule has 4 N–H and O–H groups in total. The minimum atomic E-state index is -3.75. The highest BCUT2D eigenvalue weighted by Gasteiger charge is 2.31. The Balaban J connectivity index is 1.51. The summed E-state index contributed by atoms with van der Waals surface area (Å²) in [6.07, 6.45) is 4.46. The van der Waals surface area contributed by atoms with Gasteiger partial charge in [-0.15, -0.1) is 0 Å². The van der Waals surface area contributed by atoms with E-state index < -0.39 is 33.7 Å². The van der Waals surface area contributed by atoms with E-state index in [1.807, 2.05) is 60.7 Å². The fourth-order valence-electron chi connectivity index (χ4n) is 5.26. The lowest BCUT2D eigenvalue weighted by molar-refractivity contribution is -0.136. The molecule has 2 atom stereocenters. The van der Waals surface area contributed by atoms with Crippen molar-refractivity contribution < 1.29 is 32.6 Å². The first-order valence-electron chi connectivity index (χ1n) is 14.1. The highest BCUT2D eigenvalue weighted by Crippen LogP contribution is 2.31. The summed E-state index contributed by atoms with van der Waals surface area (Å²) in [4.78, 5) is 24.2. The van der Waals surface area contributed by atoms with Gasteiger partial charge in [-0.3, -0.25) is 9.52 Å². The van der Waals surface area contributed by atoms with Crippen LogP contribution in [0.25, 0.3) is 11.1 Å². The largest absolute Gasteiger partial charge is 0.446 e. The molecule has 4 rings (SSSR count). The average molecular weight is 595 g/mol. The van der Waals surface area contributed by atoms with Crippen molar-refractivity contribution >= 4 is 22.0 Å². The van der Waals surface area contributed by atoms with E-state index in [4.69, 9.17) is 15.2 Å². The summed E-state index contributed by atoms with van der Waals surface area (Å²) in [5.41, 5.74) is 7.66. The molecule has 224 valence electrons. The third kappa shape index (κ3) is 8.88. The van der Waals surface area contributed by atoms with E-state index in [0.29, 0.717) is 24.0 Å². The maximum Gasteiger partial charge on any atom is 0.404 e. The van der Waals surface area contributed by atoms with Gasteiger partial charge in [0.2, 0.25) is 10.0 Å². The molecular formula is C32H38N2O7S. The maximum atomic E-state index is 13.0. The van der Waals surface area contributed by atoms with Crippen molar-refractivity contribution in [3.63, 3.8) is 0 Å². The Kier molecular flexibility index (Phi) is 10.4. The fraction of sp³-hybridized carbons (Fsp3) is 0.375. The Morgan fingerprint density at radius 1 is 0.976 bits per heavy atom. The molecule has 1 unspecified atom stereocenters. The normalized spacial score (nSPS) is 16.2. The van der Waals surface area contributed by atoms with Crippen LogP contribution in [0.3, 0.4) is 0 Å². The molecular weight excluding hydrogens is 556 g/mol. The van der Waals surface area contributed by atoms with Crippen LogP contribution in [0.2, 0.25) is 0 Å². The van der Waals surface area contributed by atoms with Crippen molar-refractivity contribution in [1.29, 1.82) is 0 Å². The lowest BCUT2D eigenvalue weighted by Crippen LogP contribution is -2.36. The van der Waals surface area contributed by atoms with Crippen LogP contribution >= 0.6 is 0 Å². The summed E-state index contributed by atoms with van der Waals surface area (Å²) in [5, 5.41) is 11.3. The molecule has 0 aliphatic heterocycles. The topological polar surface area (TPSA) is 145 Å². The Morgan fingerprint density at radius 3 is 2.31 bits per heavy atom. The molecule has 0 saturated heterocycles. The van der Waals surface area contributed by atoms with Gasteiger partial charge in [-0.05, 0) is 59.6 Å². The number of aryl methyl sites for hydroxylation is 1. The van der Waals surface area contributed by atoms with Gasteiger partial charge in [0.15, 0.2) is 6.10 Å². The molecule has 10 heteroatoms. The number of hydrogen-bond donors (Lipinski definition) is 3. The number of carbonyl (C=O) groups excluding carboxylic acids is 2. The van der Waals surface area contributed by atoms with E-state index in [2.05, 4.69) is 4.72 Å². The molecule has 0 heterocycles. The molecule has 0 bridgehead atoms. The summed E-state index contributed by atoms with van der Waals surface area (Å²) in [6, 6.07) is 24.2. The number of nitrogens with two attached hydrogens (primary N) is 1. The SMILES string of the molecule is CS(=O)(=O)NC(=O)C(OC1CCCCC1)c1cccc(-c2ccc(CC[C@](O)(COC(N)=O)c3ccccc3)cc2)c1. The Hall–Kier alpha value is -3.73. The van der Waals surface area contributed by atoms with Crippen molar-refractivity contribution in [2.75, 3.05) is 12.9 Å². The Bertz CT molecular complexity index is 1460. The second-order valence-electron chi connectivity index (χ2n) is 10.8. The molecule has 1 aliphatic rings. The number of carbonyl (C=O) groups is 2. The third-order valence-electron chi connectivity index (χ3n) is 7.47. The lowest BCUT2D eigenvalue weighted by atomic mass is 9.88. The van der Waals surface area contributed by atoms with Crippen molar-refractivity contribution in [2.24, 2.45) is 5.73 Å². The molecule has 9 nitrogen and oxygen atoms in total. The highest BCUT2D eigenvalue weighted by atomic mass is 32.2. The number of hydrogen-bond acceptors (Lipinski definition) is 7. The number of primary amides is 1. The van der Waals surface area contributed by atoms with E-state index in [0.717, 1.165) is 55.1 Å². The number of ether oxygens (including phenoxy) is 2. The first-order valence-corrected chi connectivity index (χ1v) is 16.0. The molecule has 0 radical (unpaired) electrons. The summed E-state index contributed by atoms with van der Waals surface area (Å²) >= 11 is 0. The minimum absolute atomic E-state index is 0.111. The first kappa shape index (κ1) is 31.2. The Morgan fingerprint density at radius 2 is 1.67 bits per heavy atom. The third-order valence-corrected chi connectivity index (χ3v) is 8.05. The van der Waals surface area contributed by atoms with Crippen molar-refractivity contribution in [1.82, 2.24) is 4.72 Å². The monoisotopic (exact) mass is 594 g/mol. The second kappa shape index (κ2) is 14.0. The summed E-state index contributed by atoms with van der Waals surface area (Å²) in [6.45, 7) is -0.256. The number of nitrogens with one attached hydrogen (secondary N) is 1. The fourth-order valence-corrected chi connectivity index (χ4v) is 5.73. The highest BCUT2D eigenvalue weighted by molar-refractivity contribution is 7.89. The standard InChI is InChI=1S/C32H38N2O7S/c1-42(38,39)34-30(35)29(41-28-13-6-3-7-14-28)26-10-8-9-25(21-26)24-17-15-23(16-18-24)19-20-32(37,22-40-31(33)36)27-11-4-2-5-12-27/h2,4-5,8-12,15-18,21,28-29,37H,3,6-7,13-14,19-20,22H2,1H3,(H2,33,36)(H,34,35)/t29?,32-/m0/s1. The van der Waals surface area contributed by atoms with E-state index in [1.54, 1.807) is 18.2 Å². The zero-order valence-corrected chi connectivity index (χ0v) is 24.5. The molecule has 3 aromatic rings. The van der Waals surface area contributed by atoms with Crippen LogP contribution < -0.4 is 10.5 Å². The summed E-state index contributed by atoms with van der Waals surface area (Å²) < 4.78 is 36.9. The van der Waals surface area contributed by atoms with Crippen LogP contribution in [0.4, 0.5) is 4.79 Å². The van der Waals surface area contributed by atoms with Gasteiger partial charge in [0.1, 0.15) is 12.2 Å². The van der Waals surface area contributed by atoms with E-state index >= 15 is 0 Å². The van der Waals surface area contributed by atoms with Gasteiger partial charge in [-0.25, -0.2) is 13.2 Å². The van der Waals surface area contributed by atoms with Crippen LogP contribution in [-0.4, -0.2) is 44.5 Å². The average Bonchev–Trinajstić information content (AvgIpc) is 2.98. The molecule has 3 aromatic carbocycles. The molecule has 0 spiro atoms. The molecule has 1 aliphatic carbocycles. The quantitative estimate of drug-likeness (QED) is 0.275. The number of rotatable bonds is 12. The van der Waals surface area contributed by atoms with Gasteiger partial charge in [0, 0.05) is 0 Å². The summed E-state index contributed by atoms with van der Waals surface area (Å²) in [7, 11) is -3.75. The first-order chi connectivity index (χ1) is 20.0. The zero-order valence-electron chi connectivity index (χ0n) is 23.7.